The van der Waals surface area contributed by atoms with E-state index >= 15 is 0 Å². The van der Waals surface area contributed by atoms with E-state index in [9.17, 15) is 4.79 Å². The first kappa shape index (κ1) is 22.9. The number of aromatic nitrogens is 4. The van der Waals surface area contributed by atoms with Gasteiger partial charge in [0.25, 0.3) is 0 Å². The van der Waals surface area contributed by atoms with Crippen LogP contribution in [0.4, 0.5) is 0 Å². The van der Waals surface area contributed by atoms with E-state index in [1.807, 2.05) is 60.0 Å². The van der Waals surface area contributed by atoms with Gasteiger partial charge in [0.15, 0.2) is 11.0 Å². The van der Waals surface area contributed by atoms with E-state index < -0.39 is 0 Å². The van der Waals surface area contributed by atoms with Gasteiger partial charge in [-0.2, -0.15) is 0 Å². The maximum atomic E-state index is 12.3. The molecule has 7 nitrogen and oxygen atoms in total. The molecule has 0 saturated heterocycles. The molecular formula is C27H24N4O3S. The molecule has 3 heterocycles. The van der Waals surface area contributed by atoms with Crippen LogP contribution in [-0.4, -0.2) is 26.4 Å². The second kappa shape index (κ2) is 10.1. The molecule has 5 aromatic rings. The molecule has 5 rings (SSSR count). The van der Waals surface area contributed by atoms with E-state index in [-0.39, 0.29) is 5.63 Å². The molecule has 0 amide bonds. The van der Waals surface area contributed by atoms with Crippen LogP contribution in [0.1, 0.15) is 25.0 Å². The maximum absolute atomic E-state index is 12.3. The van der Waals surface area contributed by atoms with Crippen molar-refractivity contribution in [3.05, 3.63) is 94.6 Å². The Balaban J connectivity index is 1.53. The number of fused-ring (bicyclic) bond motifs is 1. The minimum absolute atomic E-state index is 0.355. The molecule has 0 bridgehead atoms. The predicted molar refractivity (Wildman–Crippen MR) is 137 cm³/mol. The molecule has 0 aliphatic heterocycles. The van der Waals surface area contributed by atoms with Gasteiger partial charge in [-0.3, -0.25) is 9.55 Å². The van der Waals surface area contributed by atoms with E-state index in [4.69, 9.17) is 9.15 Å². The van der Waals surface area contributed by atoms with Gasteiger partial charge in [-0.05, 0) is 66.9 Å². The summed E-state index contributed by atoms with van der Waals surface area (Å²) in [5, 5.41) is 10.6. The fourth-order valence-corrected chi connectivity index (χ4v) is 4.84. The van der Waals surface area contributed by atoms with Gasteiger partial charge in [0.2, 0.25) is 0 Å². The number of hydrogen-bond donors (Lipinski definition) is 0. The fourth-order valence-electron chi connectivity index (χ4n) is 3.90. The van der Waals surface area contributed by atoms with E-state index in [0.717, 1.165) is 39.9 Å². The SMILES string of the molecule is CCOc1ccc(-n2c(SCc3cc(=O)oc4cc(CC)ccc34)nnc2-c2ccncc2)cc1. The Hall–Kier alpha value is -3.91. The molecule has 3 aromatic heterocycles. The van der Waals surface area contributed by atoms with Gasteiger partial charge in [-0.25, -0.2) is 4.79 Å². The second-order valence-corrected chi connectivity index (χ2v) is 8.81. The lowest BCUT2D eigenvalue weighted by Gasteiger charge is -2.12. The van der Waals surface area contributed by atoms with Gasteiger partial charge in [-0.1, -0.05) is 30.8 Å². The molecule has 176 valence electrons. The van der Waals surface area contributed by atoms with Gasteiger partial charge in [0.05, 0.1) is 6.61 Å². The number of benzene rings is 2. The average Bonchev–Trinajstić information content (AvgIpc) is 3.32. The van der Waals surface area contributed by atoms with Crippen LogP contribution >= 0.6 is 11.8 Å². The van der Waals surface area contributed by atoms with Crippen LogP contribution in [0.25, 0.3) is 28.0 Å². The number of thioether (sulfide) groups is 1. The molecule has 0 saturated carbocycles. The summed E-state index contributed by atoms with van der Waals surface area (Å²) in [5.41, 5.74) is 4.10. The van der Waals surface area contributed by atoms with Crippen molar-refractivity contribution in [1.82, 2.24) is 19.7 Å². The van der Waals surface area contributed by atoms with Crippen LogP contribution in [0, 0.1) is 0 Å². The summed E-state index contributed by atoms with van der Waals surface area (Å²) >= 11 is 1.52. The highest BCUT2D eigenvalue weighted by Gasteiger charge is 2.17. The van der Waals surface area contributed by atoms with Crippen LogP contribution in [0.3, 0.4) is 0 Å². The number of nitrogens with zero attached hydrogens (tertiary/aromatic N) is 4. The lowest BCUT2D eigenvalue weighted by molar-refractivity contribution is 0.340. The predicted octanol–water partition coefficient (Wildman–Crippen LogP) is 5.69. The van der Waals surface area contributed by atoms with Crippen molar-refractivity contribution >= 4 is 22.7 Å². The molecule has 2 aromatic carbocycles. The smallest absolute Gasteiger partial charge is 0.336 e. The summed E-state index contributed by atoms with van der Waals surface area (Å²) in [7, 11) is 0. The number of hydrogen-bond acceptors (Lipinski definition) is 7. The summed E-state index contributed by atoms with van der Waals surface area (Å²) < 4.78 is 13.1. The number of aryl methyl sites for hydroxylation is 1. The monoisotopic (exact) mass is 484 g/mol. The fraction of sp³-hybridized carbons (Fsp3) is 0.185. The van der Waals surface area contributed by atoms with Crippen LogP contribution < -0.4 is 10.4 Å². The highest BCUT2D eigenvalue weighted by atomic mass is 32.2. The lowest BCUT2D eigenvalue weighted by atomic mass is 10.1. The largest absolute Gasteiger partial charge is 0.494 e. The van der Waals surface area contributed by atoms with Gasteiger partial charge in [-0.15, -0.1) is 10.2 Å². The van der Waals surface area contributed by atoms with E-state index in [1.165, 1.54) is 11.8 Å². The number of pyridine rings is 1. The quantitative estimate of drug-likeness (QED) is 0.207. The molecule has 0 atom stereocenters. The highest BCUT2D eigenvalue weighted by molar-refractivity contribution is 7.98. The zero-order valence-electron chi connectivity index (χ0n) is 19.5. The Morgan fingerprint density at radius 3 is 2.51 bits per heavy atom. The third kappa shape index (κ3) is 4.83. The molecular weight excluding hydrogens is 460 g/mol. The summed E-state index contributed by atoms with van der Waals surface area (Å²) in [4.78, 5) is 16.4. The zero-order chi connectivity index (χ0) is 24.2. The summed E-state index contributed by atoms with van der Waals surface area (Å²) in [5.74, 6) is 2.06. The van der Waals surface area contributed by atoms with Gasteiger partial charge in [0, 0.05) is 40.8 Å². The lowest BCUT2D eigenvalue weighted by Crippen LogP contribution is -2.02. The molecule has 0 aliphatic carbocycles. The van der Waals surface area contributed by atoms with Gasteiger partial charge in [0.1, 0.15) is 11.3 Å². The molecule has 0 fully saturated rings. The third-order valence-corrected chi connectivity index (χ3v) is 6.62. The molecule has 0 spiro atoms. The van der Waals surface area contributed by atoms with E-state index in [2.05, 4.69) is 28.2 Å². The second-order valence-electron chi connectivity index (χ2n) is 7.87. The Morgan fingerprint density at radius 2 is 1.77 bits per heavy atom. The summed E-state index contributed by atoms with van der Waals surface area (Å²) in [6.07, 6.45) is 4.35. The first-order valence-electron chi connectivity index (χ1n) is 11.4. The Labute approximate surface area is 206 Å². The molecule has 35 heavy (non-hydrogen) atoms. The first-order valence-corrected chi connectivity index (χ1v) is 12.4. The van der Waals surface area contributed by atoms with E-state index in [1.54, 1.807) is 18.5 Å². The van der Waals surface area contributed by atoms with Crippen LogP contribution in [0.15, 0.2) is 87.4 Å². The highest BCUT2D eigenvalue weighted by Crippen LogP contribution is 2.32. The van der Waals surface area contributed by atoms with Crippen molar-refractivity contribution in [3.63, 3.8) is 0 Å². The van der Waals surface area contributed by atoms with Crippen molar-refractivity contribution in [2.45, 2.75) is 31.2 Å². The zero-order valence-corrected chi connectivity index (χ0v) is 20.3. The van der Waals surface area contributed by atoms with Crippen LogP contribution in [0.2, 0.25) is 0 Å². The van der Waals surface area contributed by atoms with Crippen LogP contribution in [-0.2, 0) is 12.2 Å². The van der Waals surface area contributed by atoms with Crippen molar-refractivity contribution < 1.29 is 9.15 Å². The van der Waals surface area contributed by atoms with E-state index in [0.29, 0.717) is 28.9 Å². The first-order chi connectivity index (χ1) is 17.2. The molecule has 0 unspecified atom stereocenters. The summed E-state index contributed by atoms with van der Waals surface area (Å²) in [6, 6.07) is 19.2. The molecule has 8 heteroatoms. The molecule has 0 radical (unpaired) electrons. The van der Waals surface area contributed by atoms with Crippen molar-refractivity contribution in [1.29, 1.82) is 0 Å². The average molecular weight is 485 g/mol. The third-order valence-electron chi connectivity index (χ3n) is 5.64. The Kier molecular flexibility index (Phi) is 6.63. The molecule has 0 N–H and O–H groups in total. The van der Waals surface area contributed by atoms with Crippen molar-refractivity contribution in [2.75, 3.05) is 6.61 Å². The number of ether oxygens (including phenoxy) is 1. The van der Waals surface area contributed by atoms with Crippen molar-refractivity contribution in [3.8, 4) is 22.8 Å². The normalized spacial score (nSPS) is 11.1. The topological polar surface area (TPSA) is 83.0 Å². The maximum Gasteiger partial charge on any atom is 0.336 e. The van der Waals surface area contributed by atoms with Crippen LogP contribution in [0.5, 0.6) is 5.75 Å². The van der Waals surface area contributed by atoms with Gasteiger partial charge < -0.3 is 9.15 Å². The van der Waals surface area contributed by atoms with Crippen molar-refractivity contribution in [2.24, 2.45) is 0 Å². The Morgan fingerprint density at radius 1 is 0.971 bits per heavy atom. The molecule has 0 aliphatic rings. The standard InChI is InChI=1S/C27H24N4O3S/c1-3-18-5-10-23-20(16-25(32)34-24(23)15-18)17-35-27-30-29-26(19-11-13-28-14-12-19)31(27)21-6-8-22(9-7-21)33-4-2/h5-16H,3-4,17H2,1-2H3. The minimum atomic E-state index is -0.355. The minimum Gasteiger partial charge on any atom is -0.494 e. The van der Waals surface area contributed by atoms with Gasteiger partial charge >= 0.3 is 5.63 Å². The summed E-state index contributed by atoms with van der Waals surface area (Å²) in [6.45, 7) is 4.64. The number of rotatable bonds is 8. The Bertz CT molecular complexity index is 1510.